The summed E-state index contributed by atoms with van der Waals surface area (Å²) in [5.41, 5.74) is 0.465. The van der Waals surface area contributed by atoms with Gasteiger partial charge in [-0.3, -0.25) is 0 Å². The first-order chi connectivity index (χ1) is 9.46. The van der Waals surface area contributed by atoms with Crippen LogP contribution in [0.1, 0.15) is 73.6 Å². The lowest BCUT2D eigenvalue weighted by Gasteiger charge is -2.36. The molecule has 20 heavy (non-hydrogen) atoms. The highest BCUT2D eigenvalue weighted by atomic mass is 15.2. The van der Waals surface area contributed by atoms with Crippen molar-refractivity contribution in [1.29, 1.82) is 0 Å². The van der Waals surface area contributed by atoms with Crippen LogP contribution in [0.2, 0.25) is 0 Å². The predicted molar refractivity (Wildman–Crippen MR) is 90.2 cm³/mol. The first kappa shape index (κ1) is 18.0. The van der Waals surface area contributed by atoms with Crippen LogP contribution in [0.25, 0.3) is 0 Å². The normalized spacial score (nSPS) is 27.1. The SMILES string of the molecule is CCCCN(CC1CCC(C)(C)C1NCC)C(C)CC. The second-order valence-corrected chi connectivity index (χ2v) is 7.43. The molecule has 0 radical (unpaired) electrons. The average Bonchev–Trinajstić information content (AvgIpc) is 2.70. The van der Waals surface area contributed by atoms with Crippen LogP contribution in [0.5, 0.6) is 0 Å². The molecular formula is C18H38N2. The molecule has 0 saturated heterocycles. The van der Waals surface area contributed by atoms with Crippen molar-refractivity contribution >= 4 is 0 Å². The van der Waals surface area contributed by atoms with E-state index in [9.17, 15) is 0 Å². The Morgan fingerprint density at radius 3 is 2.50 bits per heavy atom. The van der Waals surface area contributed by atoms with Crippen LogP contribution in [0, 0.1) is 11.3 Å². The van der Waals surface area contributed by atoms with E-state index in [2.05, 4.69) is 51.8 Å². The molecule has 0 aromatic heterocycles. The number of nitrogens with zero attached hydrogens (tertiary/aromatic N) is 1. The van der Waals surface area contributed by atoms with Crippen molar-refractivity contribution in [2.24, 2.45) is 11.3 Å². The Morgan fingerprint density at radius 2 is 1.95 bits per heavy atom. The fourth-order valence-corrected chi connectivity index (χ4v) is 3.79. The van der Waals surface area contributed by atoms with Crippen molar-refractivity contribution < 1.29 is 0 Å². The molecule has 0 amide bonds. The van der Waals surface area contributed by atoms with Crippen LogP contribution in [0.3, 0.4) is 0 Å². The molecule has 0 spiro atoms. The molecule has 2 heteroatoms. The van der Waals surface area contributed by atoms with Crippen molar-refractivity contribution in [3.05, 3.63) is 0 Å². The predicted octanol–water partition coefficient (Wildman–Crippen LogP) is 4.30. The summed E-state index contributed by atoms with van der Waals surface area (Å²) in [6.45, 7) is 17.8. The van der Waals surface area contributed by atoms with Crippen LogP contribution in [0.4, 0.5) is 0 Å². The molecule has 1 saturated carbocycles. The summed E-state index contributed by atoms with van der Waals surface area (Å²) in [4.78, 5) is 2.75. The Hall–Kier alpha value is -0.0800. The zero-order valence-electron chi connectivity index (χ0n) is 14.8. The van der Waals surface area contributed by atoms with Gasteiger partial charge >= 0.3 is 0 Å². The molecule has 1 fully saturated rings. The monoisotopic (exact) mass is 282 g/mol. The van der Waals surface area contributed by atoms with Gasteiger partial charge in [0.1, 0.15) is 0 Å². The third-order valence-electron chi connectivity index (χ3n) is 5.38. The highest BCUT2D eigenvalue weighted by Crippen LogP contribution is 2.41. The molecule has 0 aromatic carbocycles. The smallest absolute Gasteiger partial charge is 0.0159 e. The van der Waals surface area contributed by atoms with E-state index >= 15 is 0 Å². The van der Waals surface area contributed by atoms with Crippen molar-refractivity contribution in [3.63, 3.8) is 0 Å². The van der Waals surface area contributed by atoms with Gasteiger partial charge in [-0.15, -0.1) is 0 Å². The topological polar surface area (TPSA) is 15.3 Å². The van der Waals surface area contributed by atoms with Crippen molar-refractivity contribution in [2.75, 3.05) is 19.6 Å². The molecule has 1 aliphatic carbocycles. The Kier molecular flexibility index (Phi) is 7.53. The van der Waals surface area contributed by atoms with Gasteiger partial charge in [0.05, 0.1) is 0 Å². The summed E-state index contributed by atoms with van der Waals surface area (Å²) < 4.78 is 0. The third kappa shape index (κ3) is 4.73. The van der Waals surface area contributed by atoms with Gasteiger partial charge in [-0.25, -0.2) is 0 Å². The van der Waals surface area contributed by atoms with Crippen LogP contribution in [-0.2, 0) is 0 Å². The fourth-order valence-electron chi connectivity index (χ4n) is 3.79. The molecule has 1 N–H and O–H groups in total. The molecule has 3 atom stereocenters. The van der Waals surface area contributed by atoms with Crippen molar-refractivity contribution in [2.45, 2.75) is 85.7 Å². The second kappa shape index (κ2) is 8.38. The van der Waals surface area contributed by atoms with E-state index in [1.54, 1.807) is 0 Å². The van der Waals surface area contributed by atoms with E-state index in [0.29, 0.717) is 11.5 Å². The lowest BCUT2D eigenvalue weighted by atomic mass is 9.84. The van der Waals surface area contributed by atoms with E-state index in [1.807, 2.05) is 0 Å². The molecule has 120 valence electrons. The second-order valence-electron chi connectivity index (χ2n) is 7.43. The van der Waals surface area contributed by atoms with E-state index < -0.39 is 0 Å². The quantitative estimate of drug-likeness (QED) is 0.678. The average molecular weight is 283 g/mol. The maximum Gasteiger partial charge on any atom is 0.0159 e. The number of nitrogens with one attached hydrogen (secondary N) is 1. The molecule has 0 bridgehead atoms. The Morgan fingerprint density at radius 1 is 1.25 bits per heavy atom. The van der Waals surface area contributed by atoms with Gasteiger partial charge in [0.25, 0.3) is 0 Å². The van der Waals surface area contributed by atoms with Gasteiger partial charge in [0, 0.05) is 18.6 Å². The van der Waals surface area contributed by atoms with Gasteiger partial charge in [-0.1, -0.05) is 41.0 Å². The molecule has 3 unspecified atom stereocenters. The first-order valence-electron chi connectivity index (χ1n) is 8.93. The summed E-state index contributed by atoms with van der Waals surface area (Å²) in [5.74, 6) is 0.829. The first-order valence-corrected chi connectivity index (χ1v) is 8.93. The summed E-state index contributed by atoms with van der Waals surface area (Å²) in [7, 11) is 0. The Labute approximate surface area is 127 Å². The third-order valence-corrected chi connectivity index (χ3v) is 5.38. The zero-order valence-corrected chi connectivity index (χ0v) is 14.8. The van der Waals surface area contributed by atoms with Gasteiger partial charge < -0.3 is 10.2 Å². The molecular weight excluding hydrogens is 244 g/mol. The van der Waals surface area contributed by atoms with E-state index in [0.717, 1.165) is 18.5 Å². The minimum Gasteiger partial charge on any atom is -0.313 e. The summed E-state index contributed by atoms with van der Waals surface area (Å²) in [6, 6.07) is 1.42. The fraction of sp³-hybridized carbons (Fsp3) is 1.00. The van der Waals surface area contributed by atoms with Crippen molar-refractivity contribution in [1.82, 2.24) is 10.2 Å². The number of hydrogen-bond donors (Lipinski definition) is 1. The van der Waals surface area contributed by atoms with E-state index in [4.69, 9.17) is 0 Å². The lowest BCUT2D eigenvalue weighted by molar-refractivity contribution is 0.145. The number of hydrogen-bond acceptors (Lipinski definition) is 2. The lowest BCUT2D eigenvalue weighted by Crippen LogP contribution is -2.47. The van der Waals surface area contributed by atoms with Crippen LogP contribution < -0.4 is 5.32 Å². The Balaban J connectivity index is 2.66. The van der Waals surface area contributed by atoms with Gasteiger partial charge in [-0.2, -0.15) is 0 Å². The minimum atomic E-state index is 0.465. The standard InChI is InChI=1S/C18H38N2/c1-7-10-13-20(15(4)8-2)14-16-11-12-18(5,6)17(16)19-9-3/h15-17,19H,7-14H2,1-6H3. The molecule has 0 aliphatic heterocycles. The van der Waals surface area contributed by atoms with Crippen molar-refractivity contribution in [3.8, 4) is 0 Å². The molecule has 0 aromatic rings. The van der Waals surface area contributed by atoms with Gasteiger partial charge in [0.2, 0.25) is 0 Å². The van der Waals surface area contributed by atoms with E-state index in [1.165, 1.54) is 45.2 Å². The maximum absolute atomic E-state index is 3.78. The summed E-state index contributed by atoms with van der Waals surface area (Å²) >= 11 is 0. The highest BCUT2D eigenvalue weighted by Gasteiger charge is 2.41. The summed E-state index contributed by atoms with van der Waals surface area (Å²) in [6.07, 6.45) is 6.68. The molecule has 0 heterocycles. The van der Waals surface area contributed by atoms with Gasteiger partial charge in [0.15, 0.2) is 0 Å². The Bertz CT molecular complexity index is 262. The number of unbranched alkanes of at least 4 members (excludes halogenated alkanes) is 1. The largest absolute Gasteiger partial charge is 0.313 e. The molecule has 2 nitrogen and oxygen atoms in total. The molecule has 1 rings (SSSR count). The van der Waals surface area contributed by atoms with Crippen LogP contribution in [-0.4, -0.2) is 36.6 Å². The van der Waals surface area contributed by atoms with Gasteiger partial charge in [-0.05, 0) is 57.0 Å². The van der Waals surface area contributed by atoms with E-state index in [-0.39, 0.29) is 0 Å². The number of rotatable bonds is 9. The molecule has 1 aliphatic rings. The van der Waals surface area contributed by atoms with Crippen LogP contribution >= 0.6 is 0 Å². The van der Waals surface area contributed by atoms with Crippen LogP contribution in [0.15, 0.2) is 0 Å². The summed E-state index contributed by atoms with van der Waals surface area (Å²) in [5, 5.41) is 3.78. The zero-order chi connectivity index (χ0) is 15.2. The highest BCUT2D eigenvalue weighted by molar-refractivity contribution is 4.97. The maximum atomic E-state index is 3.78. The minimum absolute atomic E-state index is 0.465.